The van der Waals surface area contributed by atoms with E-state index in [1.807, 2.05) is 0 Å². The third-order valence-electron chi connectivity index (χ3n) is 10.6. The lowest BCUT2D eigenvalue weighted by Gasteiger charge is -2.19. The number of rotatable bonds is 48. The van der Waals surface area contributed by atoms with Crippen molar-refractivity contribution < 1.29 is 89.6 Å². The van der Waals surface area contributed by atoms with Crippen LogP contribution in [0.1, 0.15) is 36.0 Å². The Hall–Kier alpha value is -5.19. The number of amides is 5. The second kappa shape index (κ2) is 42.8. The van der Waals surface area contributed by atoms with Gasteiger partial charge in [0.1, 0.15) is 6.04 Å². The van der Waals surface area contributed by atoms with Gasteiger partial charge in [0.15, 0.2) is 0 Å². The van der Waals surface area contributed by atoms with Crippen LogP contribution in [0.5, 0.6) is 0 Å². The molecule has 0 aliphatic carbocycles. The molecule has 1 saturated heterocycles. The van der Waals surface area contributed by atoms with E-state index in [9.17, 15) is 32.8 Å². The summed E-state index contributed by atoms with van der Waals surface area (Å²) in [5.41, 5.74) is 6.03. The first-order chi connectivity index (χ1) is 37.5. The van der Waals surface area contributed by atoms with Crippen molar-refractivity contribution in [2.45, 2.75) is 37.6 Å². The number of aromatic nitrogens is 1. The van der Waals surface area contributed by atoms with Gasteiger partial charge in [0.05, 0.1) is 194 Å². The number of para-hydroxylation sites is 1. The van der Waals surface area contributed by atoms with E-state index in [0.717, 1.165) is 4.90 Å². The summed E-state index contributed by atoms with van der Waals surface area (Å²) >= 11 is 0. The first-order valence-corrected chi connectivity index (χ1v) is 25.7. The van der Waals surface area contributed by atoms with E-state index in [-0.39, 0.29) is 48.9 Å². The number of fused-ring (bicyclic) bond motifs is 1. The Kier molecular flexibility index (Phi) is 36.7. The molecule has 1 fully saturated rings. The quantitative estimate of drug-likeness (QED) is 0.0554. The van der Waals surface area contributed by atoms with Crippen LogP contribution in [0.3, 0.4) is 0 Å². The molecule has 27 heteroatoms. The highest BCUT2D eigenvalue weighted by molar-refractivity contribution is 6.10. The molecule has 0 bridgehead atoms. The van der Waals surface area contributed by atoms with Gasteiger partial charge in [-0.3, -0.25) is 29.0 Å². The van der Waals surface area contributed by atoms with E-state index in [4.69, 9.17) is 67.8 Å². The third-order valence-corrected chi connectivity index (χ3v) is 10.6. The van der Waals surface area contributed by atoms with E-state index in [1.54, 1.807) is 24.3 Å². The van der Waals surface area contributed by atoms with Crippen molar-refractivity contribution in [3.05, 3.63) is 36.0 Å². The Balaban J connectivity index is 1.01. The second-order valence-electron chi connectivity index (χ2n) is 16.6. The maximum Gasteiger partial charge on any atom is 0.268 e. The van der Waals surface area contributed by atoms with Crippen LogP contribution >= 0.6 is 0 Å². The number of nitrogens with one attached hydrogen (secondary N) is 4. The summed E-state index contributed by atoms with van der Waals surface area (Å²) in [6, 6.07) is 6.59. The number of pyridine rings is 1. The monoisotopic (exact) mass is 1100 g/mol. The molecule has 1 atom stereocenters. The van der Waals surface area contributed by atoms with Gasteiger partial charge in [0.2, 0.25) is 23.6 Å². The van der Waals surface area contributed by atoms with Crippen LogP contribution in [0.4, 0.5) is 14.5 Å². The predicted molar refractivity (Wildman–Crippen MR) is 272 cm³/mol. The minimum absolute atomic E-state index is 0.0794. The van der Waals surface area contributed by atoms with Gasteiger partial charge in [-0.15, -0.1) is 0 Å². The fourth-order valence-corrected chi connectivity index (χ4v) is 6.80. The van der Waals surface area contributed by atoms with Crippen molar-refractivity contribution in [3.8, 4) is 6.07 Å². The van der Waals surface area contributed by atoms with Crippen LogP contribution in [-0.4, -0.2) is 243 Å². The average Bonchev–Trinajstić information content (AvgIpc) is 3.77. The number of carbonyl (C=O) groups excluding carboxylic acids is 5. The number of nitriles is 1. The van der Waals surface area contributed by atoms with Gasteiger partial charge < -0.3 is 88.7 Å². The van der Waals surface area contributed by atoms with E-state index in [2.05, 4.69) is 26.3 Å². The lowest BCUT2D eigenvalue weighted by atomic mass is 10.1. The minimum Gasteiger partial charge on any atom is -0.379 e. The van der Waals surface area contributed by atoms with Crippen molar-refractivity contribution in [3.63, 3.8) is 0 Å². The number of nitrogens with zero attached hydrogens (tertiary/aromatic N) is 3. The van der Waals surface area contributed by atoms with Crippen LogP contribution in [0, 0.1) is 11.3 Å². The topological polar surface area (TPSA) is 310 Å². The summed E-state index contributed by atoms with van der Waals surface area (Å²) < 4.78 is 93.2. The fourth-order valence-electron chi connectivity index (χ4n) is 6.80. The van der Waals surface area contributed by atoms with E-state index < -0.39 is 49.2 Å². The highest BCUT2D eigenvalue weighted by Gasteiger charge is 2.47. The Morgan fingerprint density at radius 3 is 1.48 bits per heavy atom. The molecule has 1 aromatic carbocycles. The van der Waals surface area contributed by atoms with Gasteiger partial charge in [0.25, 0.3) is 11.8 Å². The minimum atomic E-state index is -3.18. The van der Waals surface area contributed by atoms with E-state index in [0.29, 0.717) is 183 Å². The molecule has 0 spiro atoms. The first-order valence-electron chi connectivity index (χ1n) is 25.7. The number of alkyl halides is 2. The Morgan fingerprint density at radius 1 is 0.584 bits per heavy atom. The number of carbonyl (C=O) groups is 5. The van der Waals surface area contributed by atoms with Crippen LogP contribution in [-0.2, 0) is 76.0 Å². The summed E-state index contributed by atoms with van der Waals surface area (Å²) in [4.78, 5) is 67.1. The molecule has 5 amide bonds. The maximum absolute atomic E-state index is 13.8. The fraction of sp³-hybridized carbons (Fsp3) is 0.700. The lowest BCUT2D eigenvalue weighted by Crippen LogP contribution is -2.43. The number of hydrogen-bond acceptors (Lipinski definition) is 20. The number of anilines is 1. The molecule has 0 radical (unpaired) electrons. The van der Waals surface area contributed by atoms with Gasteiger partial charge in [-0.05, 0) is 12.1 Å². The molecule has 0 saturated carbocycles. The SMILES string of the molecule is N#C[C@@H]1CC(F)(F)CN1C(=O)CNC(=O)c1ccnc2c(NC(=O)CCC(=O)NCCOCCOCCOCCOCCOCCOCCOCCOCCOCCOCCOCCOCCC(=O)NCCN)cccc12. The Morgan fingerprint density at radius 2 is 1.01 bits per heavy atom. The molecular formula is C50H78F2N8O17. The van der Waals surface area contributed by atoms with Crippen LogP contribution in [0.25, 0.3) is 10.9 Å². The van der Waals surface area contributed by atoms with Crippen molar-refractivity contribution in [1.82, 2.24) is 25.8 Å². The maximum atomic E-state index is 13.8. The zero-order chi connectivity index (χ0) is 55.4. The molecule has 2 heterocycles. The summed E-state index contributed by atoms with van der Waals surface area (Å²) in [6.45, 7) is 9.60. The molecule has 6 N–H and O–H groups in total. The summed E-state index contributed by atoms with van der Waals surface area (Å²) in [6.07, 6.45) is 0.658. The van der Waals surface area contributed by atoms with Crippen LogP contribution in [0.2, 0.25) is 0 Å². The molecule has 3 rings (SSSR count). The number of likely N-dealkylation sites (tertiary alicyclic amines) is 1. The summed E-state index contributed by atoms with van der Waals surface area (Å²) in [5.74, 6) is -5.57. The molecule has 25 nitrogen and oxygen atoms in total. The Labute approximate surface area is 447 Å². The van der Waals surface area contributed by atoms with Gasteiger partial charge in [-0.25, -0.2) is 8.78 Å². The van der Waals surface area contributed by atoms with Gasteiger partial charge >= 0.3 is 0 Å². The Bertz CT molecular complexity index is 2010. The smallest absolute Gasteiger partial charge is 0.268 e. The molecule has 1 aromatic heterocycles. The normalized spacial score (nSPS) is 13.9. The predicted octanol–water partition coefficient (Wildman–Crippen LogP) is 0.223. The van der Waals surface area contributed by atoms with E-state index in [1.165, 1.54) is 12.3 Å². The third kappa shape index (κ3) is 31.7. The molecule has 434 valence electrons. The zero-order valence-corrected chi connectivity index (χ0v) is 43.9. The van der Waals surface area contributed by atoms with Crippen molar-refractivity contribution in [2.75, 3.05) is 197 Å². The number of ether oxygens (including phenoxy) is 12. The van der Waals surface area contributed by atoms with Crippen molar-refractivity contribution >= 4 is 46.1 Å². The van der Waals surface area contributed by atoms with Crippen molar-refractivity contribution in [2.24, 2.45) is 5.73 Å². The summed E-state index contributed by atoms with van der Waals surface area (Å²) in [7, 11) is 0. The molecule has 77 heavy (non-hydrogen) atoms. The lowest BCUT2D eigenvalue weighted by molar-refractivity contribution is -0.131. The highest BCUT2D eigenvalue weighted by Crippen LogP contribution is 2.31. The van der Waals surface area contributed by atoms with Gasteiger partial charge in [-0.1, -0.05) is 12.1 Å². The largest absolute Gasteiger partial charge is 0.379 e. The van der Waals surface area contributed by atoms with Crippen LogP contribution in [0.15, 0.2) is 30.5 Å². The average molecular weight is 1100 g/mol. The van der Waals surface area contributed by atoms with E-state index >= 15 is 0 Å². The molecule has 1 aliphatic rings. The molecule has 1 aliphatic heterocycles. The first kappa shape index (κ1) is 66.1. The zero-order valence-electron chi connectivity index (χ0n) is 43.9. The molecule has 0 unspecified atom stereocenters. The molecule has 2 aromatic rings. The number of halogens is 2. The van der Waals surface area contributed by atoms with Crippen molar-refractivity contribution in [1.29, 1.82) is 5.26 Å². The summed E-state index contributed by atoms with van der Waals surface area (Å²) in [5, 5.41) is 20.0. The van der Waals surface area contributed by atoms with Gasteiger partial charge in [0, 0.05) is 56.9 Å². The van der Waals surface area contributed by atoms with Crippen LogP contribution < -0.4 is 27.0 Å². The standard InChI is InChI=1S/C50H78F2N8O17/c51-50(52)36-40(37-54)60(39-50)47(64)38-58-49(65)42-6-9-57-48-41(42)2-1-3-43(48)59-46(63)5-4-44(61)56-11-13-67-15-17-69-19-21-71-23-25-73-27-29-75-31-33-77-35-34-76-32-30-74-28-26-72-24-22-70-20-18-68-16-14-66-12-7-45(62)55-10-8-53/h1-3,6,9,40H,4-5,7-8,10-36,38-39,53H2,(H,55,62)(H,56,61)(H,58,65)(H,59,63)/t40-/m0/s1. The second-order valence-corrected chi connectivity index (χ2v) is 16.6. The molecular weight excluding hydrogens is 1020 g/mol. The number of nitrogens with two attached hydrogens (primary N) is 1. The number of hydrogen-bond donors (Lipinski definition) is 5. The number of benzene rings is 1. The highest BCUT2D eigenvalue weighted by atomic mass is 19.3. The van der Waals surface area contributed by atoms with Gasteiger partial charge in [-0.2, -0.15) is 5.26 Å².